The van der Waals surface area contributed by atoms with E-state index in [0.29, 0.717) is 5.54 Å². The van der Waals surface area contributed by atoms with Gasteiger partial charge in [-0.25, -0.2) is 0 Å². The summed E-state index contributed by atoms with van der Waals surface area (Å²) in [6.07, 6.45) is 9.45. The second kappa shape index (κ2) is 5.38. The molecule has 0 atom stereocenters. The van der Waals surface area contributed by atoms with Gasteiger partial charge in [0.2, 0.25) is 0 Å². The van der Waals surface area contributed by atoms with Crippen LogP contribution in [-0.2, 0) is 0 Å². The summed E-state index contributed by atoms with van der Waals surface area (Å²) in [5.41, 5.74) is 5.01. The molecule has 0 aromatic heterocycles. The maximum Gasteiger partial charge on any atom is 0.0601 e. The molecule has 0 saturated heterocycles. The van der Waals surface area contributed by atoms with Crippen LogP contribution in [0, 0.1) is 0 Å². The van der Waals surface area contributed by atoms with Gasteiger partial charge in [0.1, 0.15) is 0 Å². The van der Waals surface area contributed by atoms with Gasteiger partial charge < -0.3 is 5.43 Å². The Hall–Kier alpha value is -0.530. The second-order valence-electron chi connectivity index (χ2n) is 4.33. The van der Waals surface area contributed by atoms with E-state index in [1.807, 2.05) is 13.8 Å². The number of rotatable bonds is 0. The zero-order valence-electron chi connectivity index (χ0n) is 9.90. The second-order valence-corrected chi connectivity index (χ2v) is 4.33. The molecule has 0 amide bonds. The Kier molecular flexibility index (Phi) is 4.43. The zero-order chi connectivity index (χ0) is 10.4. The van der Waals surface area contributed by atoms with Crippen molar-refractivity contribution in [2.75, 3.05) is 0 Å². The topological polar surface area (TPSA) is 24.4 Å². The van der Waals surface area contributed by atoms with Crippen LogP contribution in [0.2, 0.25) is 0 Å². The number of nitrogens with one attached hydrogen (secondary N) is 1. The van der Waals surface area contributed by atoms with Crippen LogP contribution in [-0.4, -0.2) is 11.3 Å². The van der Waals surface area contributed by atoms with Gasteiger partial charge >= 0.3 is 0 Å². The molecule has 1 spiro atoms. The van der Waals surface area contributed by atoms with Crippen LogP contribution in [0.5, 0.6) is 0 Å². The highest BCUT2D eigenvalue weighted by molar-refractivity contribution is 5.84. The predicted molar refractivity (Wildman–Crippen MR) is 62.6 cm³/mol. The Morgan fingerprint density at radius 2 is 1.64 bits per heavy atom. The zero-order valence-corrected chi connectivity index (χ0v) is 9.90. The molecule has 14 heavy (non-hydrogen) atoms. The van der Waals surface area contributed by atoms with Crippen LogP contribution in [0.1, 0.15) is 65.7 Å². The molecule has 2 rings (SSSR count). The molecular weight excluding hydrogens is 172 g/mol. The number of hydrazone groups is 1. The van der Waals surface area contributed by atoms with Gasteiger partial charge in [0.15, 0.2) is 0 Å². The maximum atomic E-state index is 4.32. The van der Waals surface area contributed by atoms with Crippen LogP contribution in [0.25, 0.3) is 0 Å². The number of hydrogen-bond acceptors (Lipinski definition) is 2. The standard InChI is InChI=1S/C10H18N2.C2H6/c1-9-8-10(12-11-9)6-4-2-3-5-7-10;1-2/h12H,2-8H2,1H3;1-2H3. The summed E-state index contributed by atoms with van der Waals surface area (Å²) in [7, 11) is 0. The lowest BCUT2D eigenvalue weighted by Crippen LogP contribution is -2.38. The molecule has 1 aliphatic heterocycles. The fourth-order valence-corrected chi connectivity index (χ4v) is 2.48. The minimum absolute atomic E-state index is 0.376. The van der Waals surface area contributed by atoms with Crippen LogP contribution < -0.4 is 5.43 Å². The lowest BCUT2D eigenvalue weighted by molar-refractivity contribution is 0.322. The van der Waals surface area contributed by atoms with Crippen molar-refractivity contribution >= 4 is 5.71 Å². The van der Waals surface area contributed by atoms with Gasteiger partial charge in [-0.05, 0) is 19.8 Å². The summed E-state index contributed by atoms with van der Waals surface area (Å²) in [5, 5.41) is 4.32. The van der Waals surface area contributed by atoms with Crippen LogP contribution >= 0.6 is 0 Å². The van der Waals surface area contributed by atoms with Crippen LogP contribution in [0.4, 0.5) is 0 Å². The average Bonchev–Trinajstić information content (AvgIpc) is 2.44. The molecule has 2 nitrogen and oxygen atoms in total. The normalized spacial score (nSPS) is 24.4. The molecule has 0 unspecified atom stereocenters. The Labute approximate surface area is 88.2 Å². The van der Waals surface area contributed by atoms with Crippen LogP contribution in [0.3, 0.4) is 0 Å². The van der Waals surface area contributed by atoms with Crippen molar-refractivity contribution in [3.05, 3.63) is 0 Å². The van der Waals surface area contributed by atoms with E-state index in [-0.39, 0.29) is 0 Å². The van der Waals surface area contributed by atoms with E-state index < -0.39 is 0 Å². The van der Waals surface area contributed by atoms with Gasteiger partial charge in [0.05, 0.1) is 5.54 Å². The average molecular weight is 196 g/mol. The summed E-state index contributed by atoms with van der Waals surface area (Å²) < 4.78 is 0. The highest BCUT2D eigenvalue weighted by Crippen LogP contribution is 2.32. The van der Waals surface area contributed by atoms with Crippen molar-refractivity contribution in [3.63, 3.8) is 0 Å². The molecule has 82 valence electrons. The van der Waals surface area contributed by atoms with Gasteiger partial charge in [-0.15, -0.1) is 0 Å². The first-order valence-corrected chi connectivity index (χ1v) is 6.11. The molecule has 0 radical (unpaired) electrons. The van der Waals surface area contributed by atoms with Gasteiger partial charge in [-0.3, -0.25) is 0 Å². The minimum atomic E-state index is 0.376. The summed E-state index contributed by atoms with van der Waals surface area (Å²) >= 11 is 0. The largest absolute Gasteiger partial charge is 0.304 e. The Morgan fingerprint density at radius 1 is 1.07 bits per heavy atom. The molecule has 1 heterocycles. The molecule has 0 aromatic rings. The summed E-state index contributed by atoms with van der Waals surface area (Å²) in [6.45, 7) is 6.13. The molecule has 0 aromatic carbocycles. The predicted octanol–water partition coefficient (Wildman–Crippen LogP) is 3.47. The van der Waals surface area contributed by atoms with E-state index in [1.54, 1.807) is 0 Å². The minimum Gasteiger partial charge on any atom is -0.304 e. The smallest absolute Gasteiger partial charge is 0.0601 e. The van der Waals surface area contributed by atoms with E-state index in [0.717, 1.165) is 0 Å². The third-order valence-electron chi connectivity index (χ3n) is 3.14. The molecule has 1 N–H and O–H groups in total. The van der Waals surface area contributed by atoms with E-state index in [4.69, 9.17) is 0 Å². The molecule has 0 bridgehead atoms. The summed E-state index contributed by atoms with van der Waals surface area (Å²) in [6, 6.07) is 0. The quantitative estimate of drug-likeness (QED) is 0.630. The SMILES string of the molecule is CC.CC1=NNC2(CCCCCC2)C1. The van der Waals surface area contributed by atoms with Crippen LogP contribution in [0.15, 0.2) is 5.10 Å². The Morgan fingerprint density at radius 3 is 2.07 bits per heavy atom. The highest BCUT2D eigenvalue weighted by Gasteiger charge is 2.34. The van der Waals surface area contributed by atoms with E-state index in [2.05, 4.69) is 17.5 Å². The van der Waals surface area contributed by atoms with Crippen molar-refractivity contribution in [2.45, 2.75) is 71.3 Å². The summed E-state index contributed by atoms with van der Waals surface area (Å²) in [4.78, 5) is 0. The number of nitrogens with zero attached hydrogens (tertiary/aromatic N) is 1. The van der Waals surface area contributed by atoms with Gasteiger partial charge in [0.25, 0.3) is 0 Å². The van der Waals surface area contributed by atoms with Crippen molar-refractivity contribution in [1.29, 1.82) is 0 Å². The van der Waals surface area contributed by atoms with Crippen molar-refractivity contribution < 1.29 is 0 Å². The fourth-order valence-electron chi connectivity index (χ4n) is 2.48. The van der Waals surface area contributed by atoms with Gasteiger partial charge in [0, 0.05) is 12.1 Å². The van der Waals surface area contributed by atoms with E-state index in [9.17, 15) is 0 Å². The monoisotopic (exact) mass is 196 g/mol. The van der Waals surface area contributed by atoms with Gasteiger partial charge in [-0.2, -0.15) is 5.10 Å². The first-order valence-electron chi connectivity index (χ1n) is 6.11. The van der Waals surface area contributed by atoms with Gasteiger partial charge in [-0.1, -0.05) is 39.5 Å². The molecule has 2 heteroatoms. The number of hydrogen-bond donors (Lipinski definition) is 1. The first kappa shape index (κ1) is 11.5. The molecule has 1 aliphatic carbocycles. The van der Waals surface area contributed by atoms with Crippen molar-refractivity contribution in [2.24, 2.45) is 5.10 Å². The highest BCUT2D eigenvalue weighted by atomic mass is 15.4. The maximum absolute atomic E-state index is 4.32. The molecule has 1 saturated carbocycles. The fraction of sp³-hybridized carbons (Fsp3) is 0.917. The summed E-state index contributed by atoms with van der Waals surface area (Å²) in [5.74, 6) is 0. The van der Waals surface area contributed by atoms with Crippen molar-refractivity contribution in [1.82, 2.24) is 5.43 Å². The third kappa shape index (κ3) is 2.73. The lowest BCUT2D eigenvalue weighted by Gasteiger charge is -2.26. The lowest BCUT2D eigenvalue weighted by atomic mass is 9.87. The first-order chi connectivity index (χ1) is 6.81. The van der Waals surface area contributed by atoms with E-state index >= 15 is 0 Å². The third-order valence-corrected chi connectivity index (χ3v) is 3.14. The molecule has 1 fully saturated rings. The Balaban J connectivity index is 0.000000461. The molecular formula is C12H24N2. The molecule has 2 aliphatic rings. The van der Waals surface area contributed by atoms with E-state index in [1.165, 1.54) is 50.7 Å². The Bertz CT molecular complexity index is 188. The van der Waals surface area contributed by atoms with Crippen molar-refractivity contribution in [3.8, 4) is 0 Å².